The van der Waals surface area contributed by atoms with Gasteiger partial charge in [-0.15, -0.1) is 22.7 Å². The maximum atomic E-state index is 13.1. The van der Waals surface area contributed by atoms with E-state index in [0.717, 1.165) is 28.4 Å². The van der Waals surface area contributed by atoms with E-state index in [9.17, 15) is 14.4 Å². The highest BCUT2D eigenvalue weighted by molar-refractivity contribution is 7.09. The Bertz CT molecular complexity index is 990. The van der Waals surface area contributed by atoms with Gasteiger partial charge in [0.2, 0.25) is 5.91 Å². The Balaban J connectivity index is 1.76. The lowest BCUT2D eigenvalue weighted by molar-refractivity contribution is -0.136. The van der Waals surface area contributed by atoms with Crippen molar-refractivity contribution in [3.8, 4) is 0 Å². The largest absolute Gasteiger partial charge is 0.444 e. The molecule has 8 nitrogen and oxygen atoms in total. The number of amides is 2. The molecule has 0 aliphatic rings. The number of alkyl carbamates (subject to hydrolysis) is 1. The SMILES string of the molecule is CC(C)c1nc(CN(C)C(=O)C[C@H](C(=O)C[C@@H](C)CC[C@H](C)NC(=O)OCc2cncs2)C(C)C)cs1. The predicted octanol–water partition coefficient (Wildman–Crippen LogP) is 6.03. The van der Waals surface area contributed by atoms with Crippen molar-refractivity contribution >= 4 is 40.5 Å². The number of ketones is 1. The van der Waals surface area contributed by atoms with Gasteiger partial charge in [-0.05, 0) is 31.6 Å². The number of hydrogen-bond donors (Lipinski definition) is 1. The van der Waals surface area contributed by atoms with Crippen LogP contribution in [0.25, 0.3) is 0 Å². The van der Waals surface area contributed by atoms with Crippen LogP contribution in [0.15, 0.2) is 17.1 Å². The molecule has 0 fully saturated rings. The summed E-state index contributed by atoms with van der Waals surface area (Å²) in [5.74, 6) is 0.391. The first kappa shape index (κ1) is 30.9. The van der Waals surface area contributed by atoms with Crippen molar-refractivity contribution in [2.24, 2.45) is 17.8 Å². The van der Waals surface area contributed by atoms with E-state index in [4.69, 9.17) is 4.74 Å². The van der Waals surface area contributed by atoms with Crippen molar-refractivity contribution in [3.05, 3.63) is 32.7 Å². The Morgan fingerprint density at radius 3 is 2.38 bits per heavy atom. The fraction of sp³-hybridized carbons (Fsp3) is 0.667. The van der Waals surface area contributed by atoms with E-state index in [1.54, 1.807) is 35.0 Å². The molecule has 0 aromatic carbocycles. The Kier molecular flexibility index (Phi) is 12.7. The van der Waals surface area contributed by atoms with Crippen LogP contribution in [0.1, 0.15) is 88.7 Å². The van der Waals surface area contributed by atoms with Gasteiger partial charge in [0.1, 0.15) is 12.4 Å². The number of Topliss-reactive ketones (excluding diaryl/α,β-unsaturated/α-hetero) is 1. The molecule has 206 valence electrons. The third-order valence-electron chi connectivity index (χ3n) is 6.34. The van der Waals surface area contributed by atoms with Crippen LogP contribution in [0.4, 0.5) is 4.79 Å². The van der Waals surface area contributed by atoms with Crippen molar-refractivity contribution in [2.75, 3.05) is 7.05 Å². The minimum atomic E-state index is -0.454. The molecule has 2 aromatic heterocycles. The molecule has 10 heteroatoms. The number of ether oxygens (including phenoxy) is 1. The van der Waals surface area contributed by atoms with E-state index < -0.39 is 6.09 Å². The van der Waals surface area contributed by atoms with Gasteiger partial charge in [-0.2, -0.15) is 0 Å². The van der Waals surface area contributed by atoms with Crippen LogP contribution >= 0.6 is 22.7 Å². The van der Waals surface area contributed by atoms with Crippen LogP contribution in [-0.2, 0) is 27.5 Å². The summed E-state index contributed by atoms with van der Waals surface area (Å²) in [4.78, 5) is 49.2. The van der Waals surface area contributed by atoms with E-state index in [1.165, 1.54) is 11.3 Å². The maximum absolute atomic E-state index is 13.1. The smallest absolute Gasteiger partial charge is 0.407 e. The molecule has 37 heavy (non-hydrogen) atoms. The van der Waals surface area contributed by atoms with E-state index >= 15 is 0 Å². The molecule has 0 radical (unpaired) electrons. The molecule has 0 aliphatic carbocycles. The number of nitrogens with zero attached hydrogens (tertiary/aromatic N) is 3. The Morgan fingerprint density at radius 2 is 1.78 bits per heavy atom. The Hall–Kier alpha value is -2.33. The van der Waals surface area contributed by atoms with Gasteiger partial charge in [0.25, 0.3) is 0 Å². The zero-order valence-corrected chi connectivity index (χ0v) is 24.8. The van der Waals surface area contributed by atoms with Gasteiger partial charge in [0.15, 0.2) is 0 Å². The van der Waals surface area contributed by atoms with Gasteiger partial charge < -0.3 is 15.0 Å². The van der Waals surface area contributed by atoms with Gasteiger partial charge >= 0.3 is 6.09 Å². The van der Waals surface area contributed by atoms with E-state index in [1.807, 2.05) is 33.1 Å². The molecular weight excluding hydrogens is 508 g/mol. The van der Waals surface area contributed by atoms with E-state index in [0.29, 0.717) is 18.9 Å². The lowest BCUT2D eigenvalue weighted by Gasteiger charge is -2.24. The van der Waals surface area contributed by atoms with Crippen LogP contribution in [0.5, 0.6) is 0 Å². The number of thiazole rings is 2. The molecule has 0 saturated carbocycles. The first-order chi connectivity index (χ1) is 17.5. The summed E-state index contributed by atoms with van der Waals surface area (Å²) >= 11 is 3.06. The third kappa shape index (κ3) is 10.9. The van der Waals surface area contributed by atoms with Crippen molar-refractivity contribution in [1.82, 2.24) is 20.2 Å². The van der Waals surface area contributed by atoms with Gasteiger partial charge in [-0.3, -0.25) is 14.6 Å². The van der Waals surface area contributed by atoms with E-state index in [-0.39, 0.29) is 48.5 Å². The second-order valence-corrected chi connectivity index (χ2v) is 12.4. The summed E-state index contributed by atoms with van der Waals surface area (Å²) in [5, 5.41) is 5.91. The van der Waals surface area contributed by atoms with Gasteiger partial charge in [0, 0.05) is 49.3 Å². The van der Waals surface area contributed by atoms with Crippen LogP contribution in [-0.4, -0.2) is 45.7 Å². The molecule has 0 unspecified atom stereocenters. The molecular formula is C27H42N4O4S2. The zero-order chi connectivity index (χ0) is 27.5. The minimum absolute atomic E-state index is 0.0338. The van der Waals surface area contributed by atoms with Crippen molar-refractivity contribution in [3.63, 3.8) is 0 Å². The summed E-state index contributed by atoms with van der Waals surface area (Å²) in [5.41, 5.74) is 2.59. The molecule has 0 aliphatic heterocycles. The maximum Gasteiger partial charge on any atom is 0.407 e. The highest BCUT2D eigenvalue weighted by atomic mass is 32.1. The third-order valence-corrected chi connectivity index (χ3v) is 8.28. The van der Waals surface area contributed by atoms with Crippen molar-refractivity contribution in [1.29, 1.82) is 0 Å². The highest BCUT2D eigenvalue weighted by Gasteiger charge is 2.28. The van der Waals surface area contributed by atoms with Crippen LogP contribution < -0.4 is 5.32 Å². The molecule has 1 N–H and O–H groups in total. The van der Waals surface area contributed by atoms with Crippen LogP contribution in [0, 0.1) is 17.8 Å². The molecule has 2 amide bonds. The molecule has 0 saturated heterocycles. The van der Waals surface area contributed by atoms with Crippen LogP contribution in [0.3, 0.4) is 0 Å². The number of aromatic nitrogens is 2. The molecule has 2 aromatic rings. The summed E-state index contributed by atoms with van der Waals surface area (Å²) < 4.78 is 5.22. The lowest BCUT2D eigenvalue weighted by Crippen LogP contribution is -2.34. The molecule has 0 spiro atoms. The number of nitrogens with one attached hydrogen (secondary N) is 1. The fourth-order valence-corrected chi connectivity index (χ4v) is 5.29. The van der Waals surface area contributed by atoms with Gasteiger partial charge in [0.05, 0.1) is 27.6 Å². The van der Waals surface area contributed by atoms with Gasteiger partial charge in [-0.1, -0.05) is 34.6 Å². The highest BCUT2D eigenvalue weighted by Crippen LogP contribution is 2.24. The van der Waals surface area contributed by atoms with Crippen LogP contribution in [0.2, 0.25) is 0 Å². The van der Waals surface area contributed by atoms with Crippen molar-refractivity contribution in [2.45, 2.75) is 92.3 Å². The Morgan fingerprint density at radius 1 is 1.05 bits per heavy atom. The van der Waals surface area contributed by atoms with Crippen molar-refractivity contribution < 1.29 is 19.1 Å². The number of carbonyl (C=O) groups excluding carboxylic acids is 3. The Labute approximate surface area is 229 Å². The standard InChI is InChI=1S/C27H42N4O4S2/c1-17(2)23(11-25(33)31(7)13-21-15-36-26(30-21)18(3)4)24(32)10-19(5)8-9-20(6)29-27(34)35-14-22-12-28-16-37-22/h12,15-20,23H,8-11,13-14H2,1-7H3,(H,29,34)/t19-,20-,23-/m0/s1. The first-order valence-electron chi connectivity index (χ1n) is 13.0. The van der Waals surface area contributed by atoms with Gasteiger partial charge in [-0.25, -0.2) is 9.78 Å². The summed E-state index contributed by atoms with van der Waals surface area (Å²) in [6.45, 7) is 12.9. The summed E-state index contributed by atoms with van der Waals surface area (Å²) in [6, 6.07) is -0.0652. The molecule has 3 atom stereocenters. The average Bonchev–Trinajstić information content (AvgIpc) is 3.51. The molecule has 0 bridgehead atoms. The predicted molar refractivity (Wildman–Crippen MR) is 149 cm³/mol. The second-order valence-electron chi connectivity index (χ2n) is 10.6. The normalized spacial score (nSPS) is 13.9. The monoisotopic (exact) mass is 550 g/mol. The van der Waals surface area contributed by atoms with E-state index in [2.05, 4.69) is 29.1 Å². The average molecular weight is 551 g/mol. The molecule has 2 heterocycles. The number of hydrogen-bond acceptors (Lipinski definition) is 8. The topological polar surface area (TPSA) is 101 Å². The number of carbonyl (C=O) groups is 3. The zero-order valence-electron chi connectivity index (χ0n) is 23.2. The quantitative estimate of drug-likeness (QED) is 0.290. The second kappa shape index (κ2) is 15.2. The summed E-state index contributed by atoms with van der Waals surface area (Å²) in [6.07, 6.45) is 3.40. The fourth-order valence-electron chi connectivity index (χ4n) is 3.95. The first-order valence-corrected chi connectivity index (χ1v) is 14.7. The molecule has 2 rings (SSSR count). The lowest BCUT2D eigenvalue weighted by atomic mass is 9.83. The summed E-state index contributed by atoms with van der Waals surface area (Å²) in [7, 11) is 1.78. The minimum Gasteiger partial charge on any atom is -0.444 e. The number of rotatable bonds is 15.